The SMILES string of the molecule is NC1(Cc2cccc([N+](=O)[O-])c2Br)CCOC1C1CC1. The van der Waals surface area contributed by atoms with Gasteiger partial charge in [-0.05, 0) is 53.1 Å². The molecule has 2 aliphatic rings. The van der Waals surface area contributed by atoms with Gasteiger partial charge >= 0.3 is 0 Å². The highest BCUT2D eigenvalue weighted by molar-refractivity contribution is 9.10. The number of halogens is 1. The molecule has 1 aromatic rings. The van der Waals surface area contributed by atoms with Crippen LogP contribution < -0.4 is 5.73 Å². The first-order valence-corrected chi connectivity index (χ1v) is 7.63. The van der Waals surface area contributed by atoms with Gasteiger partial charge in [0, 0.05) is 18.2 Å². The average molecular weight is 341 g/mol. The second kappa shape index (κ2) is 5.09. The van der Waals surface area contributed by atoms with E-state index in [4.69, 9.17) is 10.5 Å². The molecule has 2 N–H and O–H groups in total. The predicted octanol–water partition coefficient (Wildman–Crippen LogP) is 2.80. The van der Waals surface area contributed by atoms with E-state index in [1.54, 1.807) is 6.07 Å². The summed E-state index contributed by atoms with van der Waals surface area (Å²) >= 11 is 3.35. The van der Waals surface area contributed by atoms with E-state index in [0.717, 1.165) is 12.0 Å². The number of nitrogens with two attached hydrogens (primary N) is 1. The standard InChI is InChI=1S/C14H17BrN2O3/c15-12-10(2-1-3-11(12)17(18)19)8-14(16)6-7-20-13(14)9-4-5-9/h1-3,9,13H,4-8,16H2. The van der Waals surface area contributed by atoms with Crippen molar-refractivity contribution in [2.75, 3.05) is 6.61 Å². The van der Waals surface area contributed by atoms with Gasteiger partial charge in [-0.15, -0.1) is 0 Å². The molecule has 3 rings (SSSR count). The maximum atomic E-state index is 11.0. The summed E-state index contributed by atoms with van der Waals surface area (Å²) in [7, 11) is 0. The molecule has 2 unspecified atom stereocenters. The van der Waals surface area contributed by atoms with Crippen molar-refractivity contribution in [1.82, 2.24) is 0 Å². The number of benzene rings is 1. The van der Waals surface area contributed by atoms with Crippen molar-refractivity contribution in [3.05, 3.63) is 38.3 Å². The van der Waals surface area contributed by atoms with E-state index < -0.39 is 5.54 Å². The molecule has 5 nitrogen and oxygen atoms in total. The summed E-state index contributed by atoms with van der Waals surface area (Å²) in [5, 5.41) is 11.0. The fourth-order valence-electron chi connectivity index (χ4n) is 3.08. The zero-order valence-corrected chi connectivity index (χ0v) is 12.6. The van der Waals surface area contributed by atoms with Crippen LogP contribution in [-0.4, -0.2) is 23.2 Å². The summed E-state index contributed by atoms with van der Waals surface area (Å²) in [5.41, 5.74) is 7.13. The molecule has 1 aliphatic heterocycles. The lowest BCUT2D eigenvalue weighted by molar-refractivity contribution is -0.385. The predicted molar refractivity (Wildman–Crippen MR) is 78.5 cm³/mol. The Bertz CT molecular complexity index is 547. The summed E-state index contributed by atoms with van der Waals surface area (Å²) in [6.45, 7) is 0.685. The largest absolute Gasteiger partial charge is 0.376 e. The Labute approximate surface area is 125 Å². The molecule has 6 heteroatoms. The summed E-state index contributed by atoms with van der Waals surface area (Å²) in [6.07, 6.45) is 3.87. The van der Waals surface area contributed by atoms with Gasteiger partial charge in [0.05, 0.1) is 15.5 Å². The molecule has 1 saturated heterocycles. The Morgan fingerprint density at radius 1 is 1.50 bits per heavy atom. The van der Waals surface area contributed by atoms with Gasteiger partial charge < -0.3 is 10.5 Å². The monoisotopic (exact) mass is 340 g/mol. The van der Waals surface area contributed by atoms with Crippen LogP contribution in [0.3, 0.4) is 0 Å². The fraction of sp³-hybridized carbons (Fsp3) is 0.571. The first-order valence-electron chi connectivity index (χ1n) is 6.83. The van der Waals surface area contributed by atoms with E-state index in [9.17, 15) is 10.1 Å². The lowest BCUT2D eigenvalue weighted by Crippen LogP contribution is -2.50. The molecule has 2 fully saturated rings. The molecule has 1 aromatic carbocycles. The number of hydrogen-bond donors (Lipinski definition) is 1. The second-order valence-electron chi connectivity index (χ2n) is 5.80. The highest BCUT2D eigenvalue weighted by atomic mass is 79.9. The van der Waals surface area contributed by atoms with Gasteiger partial charge in [0.1, 0.15) is 0 Å². The maximum Gasteiger partial charge on any atom is 0.283 e. The van der Waals surface area contributed by atoms with Crippen LogP contribution in [0.25, 0.3) is 0 Å². The van der Waals surface area contributed by atoms with Crippen LogP contribution in [0.5, 0.6) is 0 Å². The topological polar surface area (TPSA) is 78.4 Å². The molecule has 20 heavy (non-hydrogen) atoms. The zero-order chi connectivity index (χ0) is 14.3. The third kappa shape index (κ3) is 2.47. The Morgan fingerprint density at radius 2 is 2.25 bits per heavy atom. The summed E-state index contributed by atoms with van der Waals surface area (Å²) < 4.78 is 6.35. The first-order chi connectivity index (χ1) is 9.51. The van der Waals surface area contributed by atoms with Crippen LogP contribution in [0, 0.1) is 16.0 Å². The summed E-state index contributed by atoms with van der Waals surface area (Å²) in [6, 6.07) is 5.11. The summed E-state index contributed by atoms with van der Waals surface area (Å²) in [5.74, 6) is 0.569. The van der Waals surface area contributed by atoms with Crippen molar-refractivity contribution in [2.24, 2.45) is 11.7 Å². The van der Waals surface area contributed by atoms with Crippen LogP contribution in [0.1, 0.15) is 24.8 Å². The average Bonchev–Trinajstić information content (AvgIpc) is 3.15. The maximum absolute atomic E-state index is 11.0. The Hall–Kier alpha value is -0.980. The highest BCUT2D eigenvalue weighted by Gasteiger charge is 2.48. The Kier molecular flexibility index (Phi) is 3.56. The van der Waals surface area contributed by atoms with Crippen LogP contribution >= 0.6 is 15.9 Å². The van der Waals surface area contributed by atoms with E-state index in [-0.39, 0.29) is 16.7 Å². The van der Waals surface area contributed by atoms with Crippen molar-refractivity contribution in [2.45, 2.75) is 37.3 Å². The number of rotatable bonds is 4. The fourth-order valence-corrected chi connectivity index (χ4v) is 3.63. The van der Waals surface area contributed by atoms with Crippen LogP contribution in [-0.2, 0) is 11.2 Å². The quantitative estimate of drug-likeness (QED) is 0.675. The Balaban J connectivity index is 1.87. The van der Waals surface area contributed by atoms with Crippen molar-refractivity contribution in [1.29, 1.82) is 0 Å². The van der Waals surface area contributed by atoms with Crippen molar-refractivity contribution in [3.63, 3.8) is 0 Å². The van der Waals surface area contributed by atoms with Crippen molar-refractivity contribution in [3.8, 4) is 0 Å². The van der Waals surface area contributed by atoms with Gasteiger partial charge in [0.25, 0.3) is 5.69 Å². The number of ether oxygens (including phenoxy) is 1. The molecule has 1 aliphatic carbocycles. The van der Waals surface area contributed by atoms with Gasteiger partial charge in [0.15, 0.2) is 0 Å². The lowest BCUT2D eigenvalue weighted by atomic mass is 9.83. The second-order valence-corrected chi connectivity index (χ2v) is 6.59. The molecule has 0 amide bonds. The normalized spacial score (nSPS) is 29.6. The van der Waals surface area contributed by atoms with Gasteiger partial charge in [-0.1, -0.05) is 12.1 Å². The van der Waals surface area contributed by atoms with E-state index in [1.165, 1.54) is 18.9 Å². The molecule has 0 radical (unpaired) electrons. The minimum atomic E-state index is -0.404. The van der Waals surface area contributed by atoms with Crippen LogP contribution in [0.4, 0.5) is 5.69 Å². The lowest BCUT2D eigenvalue weighted by Gasteiger charge is -2.30. The van der Waals surface area contributed by atoms with Gasteiger partial charge in [-0.3, -0.25) is 10.1 Å². The van der Waals surface area contributed by atoms with Crippen LogP contribution in [0.2, 0.25) is 0 Å². The third-order valence-electron chi connectivity index (χ3n) is 4.26. The van der Waals surface area contributed by atoms with Crippen LogP contribution in [0.15, 0.2) is 22.7 Å². The van der Waals surface area contributed by atoms with Gasteiger partial charge in [-0.25, -0.2) is 0 Å². The molecule has 108 valence electrons. The number of nitrogens with zero attached hydrogens (tertiary/aromatic N) is 1. The van der Waals surface area contributed by atoms with E-state index in [0.29, 0.717) is 23.4 Å². The van der Waals surface area contributed by atoms with Crippen molar-refractivity contribution < 1.29 is 9.66 Å². The molecule has 0 bridgehead atoms. The van der Waals surface area contributed by atoms with Crippen molar-refractivity contribution >= 4 is 21.6 Å². The minimum Gasteiger partial charge on any atom is -0.376 e. The van der Waals surface area contributed by atoms with E-state index in [2.05, 4.69) is 15.9 Å². The summed E-state index contributed by atoms with van der Waals surface area (Å²) in [4.78, 5) is 10.6. The zero-order valence-electron chi connectivity index (χ0n) is 11.0. The number of nitro benzene ring substituents is 1. The number of hydrogen-bond acceptors (Lipinski definition) is 4. The van der Waals surface area contributed by atoms with Gasteiger partial charge in [0.2, 0.25) is 0 Å². The minimum absolute atomic E-state index is 0.0907. The smallest absolute Gasteiger partial charge is 0.283 e. The van der Waals surface area contributed by atoms with E-state index >= 15 is 0 Å². The molecular weight excluding hydrogens is 324 g/mol. The third-order valence-corrected chi connectivity index (χ3v) is 5.17. The number of nitro groups is 1. The Morgan fingerprint density at radius 3 is 2.90 bits per heavy atom. The molecule has 1 saturated carbocycles. The molecule has 1 heterocycles. The first kappa shape index (κ1) is 14.0. The highest BCUT2D eigenvalue weighted by Crippen LogP contribution is 2.44. The molecule has 2 atom stereocenters. The molecule has 0 aromatic heterocycles. The molecular formula is C14H17BrN2O3. The van der Waals surface area contributed by atoms with E-state index in [1.807, 2.05) is 6.07 Å². The van der Waals surface area contributed by atoms with Gasteiger partial charge in [-0.2, -0.15) is 0 Å². The molecule has 0 spiro atoms.